The molecule has 0 bridgehead atoms. The lowest BCUT2D eigenvalue weighted by Crippen LogP contribution is -2.26. The normalized spacial score (nSPS) is 22.9. The van der Waals surface area contributed by atoms with E-state index in [4.69, 9.17) is 17.3 Å². The molecule has 1 aromatic rings. The van der Waals surface area contributed by atoms with E-state index >= 15 is 0 Å². The lowest BCUT2D eigenvalue weighted by atomic mass is 10.1. The number of benzene rings is 1. The number of halogens is 2. The zero-order valence-electron chi connectivity index (χ0n) is 10.00. The zero-order chi connectivity index (χ0) is 12.4. The van der Waals surface area contributed by atoms with Gasteiger partial charge in [-0.2, -0.15) is 0 Å². The third kappa shape index (κ3) is 2.79. The van der Waals surface area contributed by atoms with Gasteiger partial charge in [0, 0.05) is 12.6 Å². The number of nitrogens with two attached hydrogens (primary N) is 1. The summed E-state index contributed by atoms with van der Waals surface area (Å²) in [6.07, 6.45) is 1.15. The summed E-state index contributed by atoms with van der Waals surface area (Å²) in [6, 6.07) is 5.23. The van der Waals surface area contributed by atoms with Gasteiger partial charge in [-0.3, -0.25) is 4.90 Å². The smallest absolute Gasteiger partial charge is 0.141 e. The van der Waals surface area contributed by atoms with E-state index in [1.165, 1.54) is 6.07 Å². The molecule has 1 saturated heterocycles. The van der Waals surface area contributed by atoms with Crippen molar-refractivity contribution in [2.75, 3.05) is 19.6 Å². The van der Waals surface area contributed by atoms with E-state index in [2.05, 4.69) is 11.8 Å². The standard InChI is InChI=1S/C13H18ClFN2/c1-9(17-5-4-10(7-16)8-17)11-2-3-13(15)12(14)6-11/h2-3,6,9-10H,4-5,7-8,16H2,1H3. The van der Waals surface area contributed by atoms with E-state index in [0.29, 0.717) is 5.92 Å². The maximum absolute atomic E-state index is 13.1. The van der Waals surface area contributed by atoms with Crippen LogP contribution in [0, 0.1) is 11.7 Å². The van der Waals surface area contributed by atoms with Crippen molar-refractivity contribution in [3.8, 4) is 0 Å². The van der Waals surface area contributed by atoms with Crippen molar-refractivity contribution in [1.82, 2.24) is 4.90 Å². The Morgan fingerprint density at radius 3 is 2.94 bits per heavy atom. The highest BCUT2D eigenvalue weighted by Crippen LogP contribution is 2.29. The first-order valence-electron chi connectivity index (χ1n) is 6.01. The average molecular weight is 257 g/mol. The minimum atomic E-state index is -0.358. The van der Waals surface area contributed by atoms with Crippen LogP contribution in [0.3, 0.4) is 0 Å². The molecule has 0 radical (unpaired) electrons. The van der Waals surface area contributed by atoms with Crippen LogP contribution in [0.25, 0.3) is 0 Å². The second kappa shape index (κ2) is 5.34. The number of hydrogen-bond acceptors (Lipinski definition) is 2. The van der Waals surface area contributed by atoms with Crippen LogP contribution < -0.4 is 5.73 Å². The number of rotatable bonds is 3. The molecule has 1 fully saturated rings. The Hall–Kier alpha value is -0.640. The predicted molar refractivity (Wildman–Crippen MR) is 68.6 cm³/mol. The van der Waals surface area contributed by atoms with Crippen molar-refractivity contribution in [2.24, 2.45) is 11.7 Å². The summed E-state index contributed by atoms with van der Waals surface area (Å²) in [7, 11) is 0. The molecule has 17 heavy (non-hydrogen) atoms. The Morgan fingerprint density at radius 2 is 2.35 bits per heavy atom. The topological polar surface area (TPSA) is 29.3 Å². The van der Waals surface area contributed by atoms with Crippen LogP contribution in [0.5, 0.6) is 0 Å². The highest BCUT2D eigenvalue weighted by molar-refractivity contribution is 6.30. The Balaban J connectivity index is 2.09. The first-order valence-corrected chi connectivity index (χ1v) is 6.38. The van der Waals surface area contributed by atoms with E-state index < -0.39 is 0 Å². The summed E-state index contributed by atoms with van der Waals surface area (Å²) < 4.78 is 13.1. The molecule has 0 saturated carbocycles. The molecule has 2 rings (SSSR count). The Bertz CT molecular complexity index is 397. The lowest BCUT2D eigenvalue weighted by Gasteiger charge is -2.24. The fourth-order valence-electron chi connectivity index (χ4n) is 2.39. The fourth-order valence-corrected chi connectivity index (χ4v) is 2.58. The molecule has 2 N–H and O–H groups in total. The lowest BCUT2D eigenvalue weighted by molar-refractivity contribution is 0.253. The Morgan fingerprint density at radius 1 is 1.59 bits per heavy atom. The molecule has 1 heterocycles. The van der Waals surface area contributed by atoms with Crippen LogP contribution in [-0.2, 0) is 0 Å². The zero-order valence-corrected chi connectivity index (χ0v) is 10.8. The molecule has 0 amide bonds. The van der Waals surface area contributed by atoms with Gasteiger partial charge in [-0.1, -0.05) is 17.7 Å². The maximum atomic E-state index is 13.1. The maximum Gasteiger partial charge on any atom is 0.141 e. The average Bonchev–Trinajstić information content (AvgIpc) is 2.80. The van der Waals surface area contributed by atoms with Gasteiger partial charge in [-0.25, -0.2) is 4.39 Å². The van der Waals surface area contributed by atoms with Crippen LogP contribution in [0.15, 0.2) is 18.2 Å². The van der Waals surface area contributed by atoms with Crippen molar-refractivity contribution in [2.45, 2.75) is 19.4 Å². The number of hydrogen-bond donors (Lipinski definition) is 1. The van der Waals surface area contributed by atoms with Gasteiger partial charge >= 0.3 is 0 Å². The third-order valence-electron chi connectivity index (χ3n) is 3.62. The molecule has 1 aliphatic rings. The van der Waals surface area contributed by atoms with Crippen LogP contribution in [0.1, 0.15) is 24.9 Å². The number of likely N-dealkylation sites (tertiary alicyclic amines) is 1. The summed E-state index contributed by atoms with van der Waals surface area (Å²) >= 11 is 5.81. The van der Waals surface area contributed by atoms with Gasteiger partial charge < -0.3 is 5.73 Å². The van der Waals surface area contributed by atoms with Gasteiger partial charge in [0.1, 0.15) is 5.82 Å². The Labute approximate surface area is 107 Å². The molecule has 2 nitrogen and oxygen atoms in total. The summed E-state index contributed by atoms with van der Waals surface area (Å²) in [4.78, 5) is 2.38. The fraction of sp³-hybridized carbons (Fsp3) is 0.538. The highest BCUT2D eigenvalue weighted by atomic mass is 35.5. The van der Waals surface area contributed by atoms with Crippen molar-refractivity contribution < 1.29 is 4.39 Å². The number of nitrogens with zero attached hydrogens (tertiary/aromatic N) is 1. The van der Waals surface area contributed by atoms with Crippen LogP contribution in [0.2, 0.25) is 5.02 Å². The molecule has 4 heteroatoms. The van der Waals surface area contributed by atoms with Crippen molar-refractivity contribution in [3.63, 3.8) is 0 Å². The molecule has 0 aromatic heterocycles. The minimum absolute atomic E-state index is 0.198. The molecule has 2 atom stereocenters. The van der Waals surface area contributed by atoms with E-state index in [1.807, 2.05) is 6.07 Å². The molecule has 1 aliphatic heterocycles. The first kappa shape index (κ1) is 12.8. The van der Waals surface area contributed by atoms with Crippen LogP contribution >= 0.6 is 11.6 Å². The second-order valence-corrected chi connectivity index (χ2v) is 5.14. The van der Waals surface area contributed by atoms with Crippen molar-refractivity contribution in [3.05, 3.63) is 34.6 Å². The van der Waals surface area contributed by atoms with Crippen molar-refractivity contribution >= 4 is 11.6 Å². The molecule has 1 aromatic carbocycles. The summed E-state index contributed by atoms with van der Waals surface area (Å²) in [6.45, 7) is 4.94. The molecule has 0 aliphatic carbocycles. The van der Waals surface area contributed by atoms with Gasteiger partial charge in [0.05, 0.1) is 5.02 Å². The van der Waals surface area contributed by atoms with Crippen LogP contribution in [-0.4, -0.2) is 24.5 Å². The monoisotopic (exact) mass is 256 g/mol. The van der Waals surface area contributed by atoms with Gasteiger partial charge in [0.25, 0.3) is 0 Å². The third-order valence-corrected chi connectivity index (χ3v) is 3.91. The second-order valence-electron chi connectivity index (χ2n) is 4.73. The largest absolute Gasteiger partial charge is 0.330 e. The summed E-state index contributed by atoms with van der Waals surface area (Å²) in [5, 5.41) is 0.198. The van der Waals surface area contributed by atoms with E-state index in [0.717, 1.165) is 31.6 Å². The SMILES string of the molecule is CC(c1ccc(F)c(Cl)c1)N1CCC(CN)C1. The Kier molecular flexibility index (Phi) is 4.02. The van der Waals surface area contributed by atoms with Crippen LogP contribution in [0.4, 0.5) is 4.39 Å². The highest BCUT2D eigenvalue weighted by Gasteiger charge is 2.25. The molecule has 0 spiro atoms. The van der Waals surface area contributed by atoms with Gasteiger partial charge in [-0.05, 0) is 50.0 Å². The first-order chi connectivity index (χ1) is 8.11. The summed E-state index contributed by atoms with van der Waals surface area (Å²) in [5.74, 6) is 0.234. The molecule has 2 unspecified atom stereocenters. The van der Waals surface area contributed by atoms with Crippen molar-refractivity contribution in [1.29, 1.82) is 0 Å². The van der Waals surface area contributed by atoms with E-state index in [9.17, 15) is 4.39 Å². The quantitative estimate of drug-likeness (QED) is 0.901. The summed E-state index contributed by atoms with van der Waals surface area (Å²) in [5.41, 5.74) is 6.75. The van der Waals surface area contributed by atoms with Gasteiger partial charge in [-0.15, -0.1) is 0 Å². The van der Waals surface area contributed by atoms with Gasteiger partial charge in [0.15, 0.2) is 0 Å². The van der Waals surface area contributed by atoms with Gasteiger partial charge in [0.2, 0.25) is 0 Å². The van der Waals surface area contributed by atoms with E-state index in [1.54, 1.807) is 6.07 Å². The predicted octanol–water partition coefficient (Wildman–Crippen LogP) is 2.82. The minimum Gasteiger partial charge on any atom is -0.330 e. The molecule has 94 valence electrons. The molecular weight excluding hydrogens is 239 g/mol. The molecular formula is C13H18ClFN2. The van der Waals surface area contributed by atoms with E-state index in [-0.39, 0.29) is 16.9 Å².